The van der Waals surface area contributed by atoms with Gasteiger partial charge in [-0.3, -0.25) is 4.79 Å². The number of halogens is 3. The van der Waals surface area contributed by atoms with E-state index < -0.39 is 17.6 Å². The van der Waals surface area contributed by atoms with E-state index in [9.17, 15) is 18.0 Å². The summed E-state index contributed by atoms with van der Waals surface area (Å²) in [5.41, 5.74) is 6.63. The number of guanidine groups is 1. The molecule has 0 bridgehead atoms. The Morgan fingerprint density at radius 1 is 1.13 bits per heavy atom. The van der Waals surface area contributed by atoms with Crippen molar-refractivity contribution in [3.05, 3.63) is 70.8 Å². The fourth-order valence-electron chi connectivity index (χ4n) is 2.88. The summed E-state index contributed by atoms with van der Waals surface area (Å²) in [7, 11) is 0. The number of hydrogen-bond acceptors (Lipinski definition) is 2. The standard InChI is InChI=1S/C22H27F3N4O/c1-3-27-21(29-14-16-7-9-17(10-8-16)20(26)30)28-12-11-15(2)18-5-4-6-19(13-18)22(23,24)25/h4-10,13,15H,3,11-12,14H2,1-2H3,(H2,26,30)(H2,27,28,29). The van der Waals surface area contributed by atoms with E-state index in [0.29, 0.717) is 43.1 Å². The summed E-state index contributed by atoms with van der Waals surface area (Å²) in [6.07, 6.45) is -3.69. The van der Waals surface area contributed by atoms with Crippen molar-refractivity contribution in [3.63, 3.8) is 0 Å². The highest BCUT2D eigenvalue weighted by Gasteiger charge is 2.30. The van der Waals surface area contributed by atoms with Gasteiger partial charge in [0.15, 0.2) is 5.96 Å². The number of hydrogen-bond donors (Lipinski definition) is 3. The van der Waals surface area contributed by atoms with Gasteiger partial charge in [0.1, 0.15) is 0 Å². The SMILES string of the molecule is CCNC(=NCc1ccc(C(N)=O)cc1)NCCC(C)c1cccc(C(F)(F)F)c1. The van der Waals surface area contributed by atoms with Gasteiger partial charge in [-0.15, -0.1) is 0 Å². The maximum atomic E-state index is 12.9. The van der Waals surface area contributed by atoms with Crippen LogP contribution in [0, 0.1) is 0 Å². The second-order valence-corrected chi connectivity index (χ2v) is 7.00. The van der Waals surface area contributed by atoms with Crippen LogP contribution in [0.3, 0.4) is 0 Å². The van der Waals surface area contributed by atoms with Gasteiger partial charge in [0.25, 0.3) is 0 Å². The molecule has 30 heavy (non-hydrogen) atoms. The molecule has 0 radical (unpaired) electrons. The maximum absolute atomic E-state index is 12.9. The highest BCUT2D eigenvalue weighted by atomic mass is 19.4. The van der Waals surface area contributed by atoms with Crippen molar-refractivity contribution >= 4 is 11.9 Å². The summed E-state index contributed by atoms with van der Waals surface area (Å²) < 4.78 is 38.7. The number of amides is 1. The molecule has 0 aromatic heterocycles. The molecule has 4 N–H and O–H groups in total. The second-order valence-electron chi connectivity index (χ2n) is 7.00. The minimum Gasteiger partial charge on any atom is -0.366 e. The van der Waals surface area contributed by atoms with E-state index in [1.165, 1.54) is 12.1 Å². The van der Waals surface area contributed by atoms with Crippen molar-refractivity contribution in [2.75, 3.05) is 13.1 Å². The zero-order valence-corrected chi connectivity index (χ0v) is 17.1. The average Bonchev–Trinajstić information content (AvgIpc) is 2.71. The molecule has 1 atom stereocenters. The lowest BCUT2D eigenvalue weighted by Gasteiger charge is -2.16. The molecule has 2 rings (SSSR count). The van der Waals surface area contributed by atoms with Crippen LogP contribution in [-0.4, -0.2) is 25.0 Å². The largest absolute Gasteiger partial charge is 0.416 e. The Hall–Kier alpha value is -3.03. The number of nitrogens with zero attached hydrogens (tertiary/aromatic N) is 1. The van der Waals surface area contributed by atoms with Crippen LogP contribution in [0.2, 0.25) is 0 Å². The Kier molecular flexibility index (Phi) is 8.26. The van der Waals surface area contributed by atoms with Gasteiger partial charge in [-0.05, 0) is 48.6 Å². The molecule has 1 unspecified atom stereocenters. The van der Waals surface area contributed by atoms with Gasteiger partial charge < -0.3 is 16.4 Å². The van der Waals surface area contributed by atoms with Crippen LogP contribution in [0.5, 0.6) is 0 Å². The molecule has 0 aliphatic heterocycles. The summed E-state index contributed by atoms with van der Waals surface area (Å²) in [4.78, 5) is 15.6. The predicted molar refractivity (Wildman–Crippen MR) is 112 cm³/mol. The number of alkyl halides is 3. The Balaban J connectivity index is 1.92. The highest BCUT2D eigenvalue weighted by Crippen LogP contribution is 2.31. The Morgan fingerprint density at radius 2 is 1.83 bits per heavy atom. The summed E-state index contributed by atoms with van der Waals surface area (Å²) in [6, 6.07) is 12.4. The van der Waals surface area contributed by atoms with Gasteiger partial charge in [0, 0.05) is 18.7 Å². The van der Waals surface area contributed by atoms with Crippen LogP contribution >= 0.6 is 0 Å². The molecule has 0 saturated carbocycles. The first kappa shape index (κ1) is 23.3. The summed E-state index contributed by atoms with van der Waals surface area (Å²) in [6.45, 7) is 5.50. The molecule has 162 valence electrons. The van der Waals surface area contributed by atoms with E-state index in [1.54, 1.807) is 30.3 Å². The second kappa shape index (κ2) is 10.7. The number of primary amides is 1. The van der Waals surface area contributed by atoms with Crippen LogP contribution < -0.4 is 16.4 Å². The van der Waals surface area contributed by atoms with Gasteiger partial charge in [0.05, 0.1) is 12.1 Å². The van der Waals surface area contributed by atoms with Crippen molar-refractivity contribution in [1.82, 2.24) is 10.6 Å². The third-order valence-corrected chi connectivity index (χ3v) is 4.66. The topological polar surface area (TPSA) is 79.5 Å². The van der Waals surface area contributed by atoms with Gasteiger partial charge in [0.2, 0.25) is 5.91 Å². The maximum Gasteiger partial charge on any atom is 0.416 e. The number of aliphatic imine (C=N–C) groups is 1. The molecule has 0 fully saturated rings. The van der Waals surface area contributed by atoms with E-state index in [4.69, 9.17) is 5.73 Å². The average molecular weight is 420 g/mol. The minimum atomic E-state index is -4.34. The van der Waals surface area contributed by atoms with Crippen LogP contribution in [0.1, 0.15) is 53.2 Å². The third-order valence-electron chi connectivity index (χ3n) is 4.66. The first-order chi connectivity index (χ1) is 14.2. The van der Waals surface area contributed by atoms with Gasteiger partial charge in [-0.25, -0.2) is 4.99 Å². The number of benzene rings is 2. The van der Waals surface area contributed by atoms with E-state index in [1.807, 2.05) is 13.8 Å². The molecule has 0 spiro atoms. The summed E-state index contributed by atoms with van der Waals surface area (Å²) >= 11 is 0. The van der Waals surface area contributed by atoms with Gasteiger partial charge >= 0.3 is 6.18 Å². The molecular formula is C22H27F3N4O. The molecule has 2 aromatic carbocycles. The number of nitrogens with one attached hydrogen (secondary N) is 2. The Morgan fingerprint density at radius 3 is 2.43 bits per heavy atom. The van der Waals surface area contributed by atoms with Crippen molar-refractivity contribution in [2.45, 2.75) is 38.9 Å². The third kappa shape index (κ3) is 7.09. The number of nitrogens with two attached hydrogens (primary N) is 1. The quantitative estimate of drug-likeness (QED) is 0.445. The van der Waals surface area contributed by atoms with E-state index in [2.05, 4.69) is 15.6 Å². The van der Waals surface area contributed by atoms with Crippen LogP contribution in [-0.2, 0) is 12.7 Å². The molecular weight excluding hydrogens is 393 g/mol. The van der Waals surface area contributed by atoms with E-state index >= 15 is 0 Å². The lowest BCUT2D eigenvalue weighted by atomic mass is 9.96. The minimum absolute atomic E-state index is 0.0379. The molecule has 0 saturated heterocycles. The summed E-state index contributed by atoms with van der Waals surface area (Å²) in [5.74, 6) is 0.103. The highest BCUT2D eigenvalue weighted by molar-refractivity contribution is 5.92. The van der Waals surface area contributed by atoms with Gasteiger partial charge in [-0.2, -0.15) is 13.2 Å². The zero-order valence-electron chi connectivity index (χ0n) is 17.1. The molecule has 0 heterocycles. The van der Waals surface area contributed by atoms with Crippen LogP contribution in [0.15, 0.2) is 53.5 Å². The van der Waals surface area contributed by atoms with E-state index in [0.717, 1.165) is 11.6 Å². The summed E-state index contributed by atoms with van der Waals surface area (Å²) in [5, 5.41) is 6.35. The van der Waals surface area contributed by atoms with Crippen LogP contribution in [0.4, 0.5) is 13.2 Å². The van der Waals surface area contributed by atoms with Crippen molar-refractivity contribution in [3.8, 4) is 0 Å². The monoisotopic (exact) mass is 420 g/mol. The molecule has 0 aliphatic rings. The molecule has 2 aromatic rings. The fraction of sp³-hybridized carbons (Fsp3) is 0.364. The van der Waals surface area contributed by atoms with E-state index in [-0.39, 0.29) is 5.92 Å². The van der Waals surface area contributed by atoms with Crippen molar-refractivity contribution in [2.24, 2.45) is 10.7 Å². The lowest BCUT2D eigenvalue weighted by Crippen LogP contribution is -2.38. The number of carbonyl (C=O) groups excluding carboxylic acids is 1. The first-order valence-corrected chi connectivity index (χ1v) is 9.78. The number of carbonyl (C=O) groups is 1. The number of rotatable bonds is 8. The normalized spacial score (nSPS) is 13.0. The Bertz CT molecular complexity index is 863. The Labute approximate surface area is 174 Å². The van der Waals surface area contributed by atoms with Gasteiger partial charge in [-0.1, -0.05) is 37.3 Å². The van der Waals surface area contributed by atoms with Crippen molar-refractivity contribution in [1.29, 1.82) is 0 Å². The first-order valence-electron chi connectivity index (χ1n) is 9.78. The zero-order chi connectivity index (χ0) is 22.1. The smallest absolute Gasteiger partial charge is 0.366 e. The predicted octanol–water partition coefficient (Wildman–Crippen LogP) is 4.05. The van der Waals surface area contributed by atoms with Crippen LogP contribution in [0.25, 0.3) is 0 Å². The molecule has 0 aliphatic carbocycles. The molecule has 1 amide bonds. The lowest BCUT2D eigenvalue weighted by molar-refractivity contribution is -0.137. The molecule has 5 nitrogen and oxygen atoms in total. The fourth-order valence-corrected chi connectivity index (χ4v) is 2.88. The molecule has 8 heteroatoms. The van der Waals surface area contributed by atoms with Crippen molar-refractivity contribution < 1.29 is 18.0 Å².